The van der Waals surface area contributed by atoms with E-state index in [1.165, 1.54) is 83.5 Å². The van der Waals surface area contributed by atoms with E-state index in [0.717, 1.165) is 64.2 Å². The Morgan fingerprint density at radius 1 is 0.328 bits per heavy atom. The summed E-state index contributed by atoms with van der Waals surface area (Å²) in [7, 11) is 0. The zero-order valence-corrected chi connectivity index (χ0v) is 41.0. The summed E-state index contributed by atoms with van der Waals surface area (Å²) < 4.78 is 16.6. The summed E-state index contributed by atoms with van der Waals surface area (Å²) in [5.41, 5.74) is 0. The molecule has 0 aliphatic rings. The van der Waals surface area contributed by atoms with Crippen LogP contribution < -0.4 is 0 Å². The van der Waals surface area contributed by atoms with Crippen molar-refractivity contribution in [2.45, 2.75) is 213 Å². The van der Waals surface area contributed by atoms with Gasteiger partial charge < -0.3 is 14.2 Å². The molecule has 0 aliphatic heterocycles. The first-order valence-corrected chi connectivity index (χ1v) is 25.5. The van der Waals surface area contributed by atoms with Crippen molar-refractivity contribution in [3.05, 3.63) is 122 Å². The van der Waals surface area contributed by atoms with Crippen LogP contribution in [0.15, 0.2) is 122 Å². The molecular formula is C58H92O6. The van der Waals surface area contributed by atoms with E-state index in [0.29, 0.717) is 19.3 Å². The third kappa shape index (κ3) is 48.8. The van der Waals surface area contributed by atoms with E-state index >= 15 is 0 Å². The predicted molar refractivity (Wildman–Crippen MR) is 274 cm³/mol. The summed E-state index contributed by atoms with van der Waals surface area (Å²) in [4.78, 5) is 37.9. The molecule has 0 aliphatic carbocycles. The maximum atomic E-state index is 12.7. The van der Waals surface area contributed by atoms with E-state index in [1.54, 1.807) is 0 Å². The number of rotatable bonds is 44. The van der Waals surface area contributed by atoms with Gasteiger partial charge in [-0.1, -0.05) is 206 Å². The van der Waals surface area contributed by atoms with Crippen LogP contribution in [-0.2, 0) is 28.6 Å². The van der Waals surface area contributed by atoms with Gasteiger partial charge >= 0.3 is 17.9 Å². The number of esters is 3. The summed E-state index contributed by atoms with van der Waals surface area (Å²) in [6, 6.07) is 0. The Hall–Kier alpha value is -4.19. The minimum atomic E-state index is -0.863. The fraction of sp³-hybridized carbons (Fsp3) is 0.603. The number of carbonyl (C=O) groups is 3. The molecule has 6 heteroatoms. The molecule has 0 N–H and O–H groups in total. The molecule has 0 rings (SSSR count). The molecule has 0 amide bonds. The van der Waals surface area contributed by atoms with Crippen LogP contribution in [0.25, 0.3) is 0 Å². The zero-order chi connectivity index (χ0) is 46.5. The minimum absolute atomic E-state index is 0.154. The Bertz CT molecular complexity index is 1390. The third-order valence-electron chi connectivity index (χ3n) is 10.2. The Balaban J connectivity index is 4.65. The lowest BCUT2D eigenvalue weighted by Crippen LogP contribution is -2.30. The standard InChI is InChI=1S/C58H92O6/c1-4-7-10-13-16-19-22-25-27-29-31-33-36-39-42-45-48-51-57(60)63-54-55(53-62-56(59)50-47-44-41-38-35-32-24-21-18-15-12-9-6-3)64-58(61)52-49-46-43-40-37-34-30-28-26-23-20-17-14-11-8-5-2/h8,11,17,20,25-28,31-35,37,39,41-44,46,55H,4-7,9-10,12-16,18-19,21-24,29-30,36,38,40,45,47-54H2,1-3H3/b11-8-,20-17-,27-25-,28-26-,33-31-,35-32-,37-34-,42-39-,44-41-,46-43-. The molecule has 0 spiro atoms. The second-order valence-electron chi connectivity index (χ2n) is 16.3. The lowest BCUT2D eigenvalue weighted by molar-refractivity contribution is -0.166. The maximum absolute atomic E-state index is 12.7. The molecule has 64 heavy (non-hydrogen) atoms. The van der Waals surface area contributed by atoms with Crippen LogP contribution in [0, 0.1) is 0 Å². The number of allylic oxidation sites excluding steroid dienone is 20. The Kier molecular flexibility index (Phi) is 48.1. The molecule has 360 valence electrons. The van der Waals surface area contributed by atoms with Crippen LogP contribution in [0.2, 0.25) is 0 Å². The Morgan fingerprint density at radius 2 is 0.641 bits per heavy atom. The highest BCUT2D eigenvalue weighted by molar-refractivity contribution is 5.71. The van der Waals surface area contributed by atoms with Crippen LogP contribution in [0.4, 0.5) is 0 Å². The monoisotopic (exact) mass is 885 g/mol. The van der Waals surface area contributed by atoms with Crippen molar-refractivity contribution in [1.82, 2.24) is 0 Å². The average molecular weight is 885 g/mol. The molecule has 0 bridgehead atoms. The van der Waals surface area contributed by atoms with Crippen molar-refractivity contribution in [1.29, 1.82) is 0 Å². The summed E-state index contributed by atoms with van der Waals surface area (Å²) in [5.74, 6) is -1.16. The lowest BCUT2D eigenvalue weighted by Gasteiger charge is -2.18. The van der Waals surface area contributed by atoms with Crippen molar-refractivity contribution in [2.24, 2.45) is 0 Å². The van der Waals surface area contributed by atoms with Gasteiger partial charge in [0.15, 0.2) is 6.10 Å². The van der Waals surface area contributed by atoms with Gasteiger partial charge in [-0.15, -0.1) is 0 Å². The minimum Gasteiger partial charge on any atom is -0.462 e. The van der Waals surface area contributed by atoms with E-state index < -0.39 is 12.1 Å². The molecule has 0 heterocycles. The van der Waals surface area contributed by atoms with Crippen molar-refractivity contribution >= 4 is 17.9 Å². The largest absolute Gasteiger partial charge is 0.462 e. The SMILES string of the molecule is CC/C=C\C/C=C\C/C=C\C/C=C\C/C=C\CCC(=O)OC(COC(=O)CC/C=C\C/C=C\CCCCCCCC)COC(=O)CCC/C=C\C/C=C\C/C=C\CCCCCCCC. The van der Waals surface area contributed by atoms with E-state index in [-0.39, 0.29) is 44.4 Å². The van der Waals surface area contributed by atoms with Gasteiger partial charge in [0.1, 0.15) is 13.2 Å². The molecule has 6 nitrogen and oxygen atoms in total. The van der Waals surface area contributed by atoms with Crippen molar-refractivity contribution in [2.75, 3.05) is 13.2 Å². The van der Waals surface area contributed by atoms with Gasteiger partial charge in [0.25, 0.3) is 0 Å². The third-order valence-corrected chi connectivity index (χ3v) is 10.2. The van der Waals surface area contributed by atoms with E-state index in [1.807, 2.05) is 18.2 Å². The van der Waals surface area contributed by atoms with E-state index in [4.69, 9.17) is 14.2 Å². The van der Waals surface area contributed by atoms with Crippen molar-refractivity contribution in [3.63, 3.8) is 0 Å². The van der Waals surface area contributed by atoms with Gasteiger partial charge in [-0.2, -0.15) is 0 Å². The lowest BCUT2D eigenvalue weighted by atomic mass is 10.1. The van der Waals surface area contributed by atoms with Crippen molar-refractivity contribution in [3.8, 4) is 0 Å². The summed E-state index contributed by atoms with van der Waals surface area (Å²) >= 11 is 0. The highest BCUT2D eigenvalue weighted by Crippen LogP contribution is 2.10. The molecular weight excluding hydrogens is 793 g/mol. The first-order chi connectivity index (χ1) is 31.5. The van der Waals surface area contributed by atoms with Gasteiger partial charge in [-0.3, -0.25) is 14.4 Å². The molecule has 0 fully saturated rings. The van der Waals surface area contributed by atoms with Crippen molar-refractivity contribution < 1.29 is 28.6 Å². The average Bonchev–Trinajstić information content (AvgIpc) is 3.29. The van der Waals surface area contributed by atoms with Crippen LogP contribution in [0.1, 0.15) is 207 Å². The number of hydrogen-bond donors (Lipinski definition) is 0. The highest BCUT2D eigenvalue weighted by Gasteiger charge is 2.19. The fourth-order valence-corrected chi connectivity index (χ4v) is 6.38. The number of ether oxygens (including phenoxy) is 3. The maximum Gasteiger partial charge on any atom is 0.306 e. The number of unbranched alkanes of at least 4 members (excludes halogenated alkanes) is 13. The van der Waals surface area contributed by atoms with Crippen LogP contribution in [0.3, 0.4) is 0 Å². The van der Waals surface area contributed by atoms with E-state index in [9.17, 15) is 14.4 Å². The molecule has 0 aromatic rings. The molecule has 0 saturated heterocycles. The van der Waals surface area contributed by atoms with Crippen LogP contribution in [-0.4, -0.2) is 37.2 Å². The quantitative estimate of drug-likeness (QED) is 0.0262. The van der Waals surface area contributed by atoms with Crippen LogP contribution >= 0.6 is 0 Å². The second kappa shape index (κ2) is 51.4. The summed E-state index contributed by atoms with van der Waals surface area (Å²) in [6.45, 7) is 6.33. The van der Waals surface area contributed by atoms with Gasteiger partial charge in [0, 0.05) is 19.3 Å². The molecule has 1 unspecified atom stereocenters. The zero-order valence-electron chi connectivity index (χ0n) is 41.0. The normalized spacial score (nSPS) is 13.1. The number of carbonyl (C=O) groups excluding carboxylic acids is 3. The number of hydrogen-bond acceptors (Lipinski definition) is 6. The Morgan fingerprint density at radius 3 is 1.05 bits per heavy atom. The summed E-state index contributed by atoms with van der Waals surface area (Å²) in [5, 5.41) is 0. The first kappa shape index (κ1) is 59.8. The molecule has 0 radical (unpaired) electrons. The Labute approximate surface area is 392 Å². The smallest absolute Gasteiger partial charge is 0.306 e. The van der Waals surface area contributed by atoms with E-state index in [2.05, 4.69) is 124 Å². The highest BCUT2D eigenvalue weighted by atomic mass is 16.6. The second-order valence-corrected chi connectivity index (χ2v) is 16.3. The van der Waals surface area contributed by atoms with Gasteiger partial charge in [-0.25, -0.2) is 0 Å². The predicted octanol–water partition coefficient (Wildman–Crippen LogP) is 16.9. The molecule has 0 aromatic carbocycles. The van der Waals surface area contributed by atoms with Crippen LogP contribution in [0.5, 0.6) is 0 Å². The first-order valence-electron chi connectivity index (χ1n) is 25.5. The van der Waals surface area contributed by atoms with Gasteiger partial charge in [0.05, 0.1) is 0 Å². The molecule has 0 aromatic heterocycles. The van der Waals surface area contributed by atoms with Gasteiger partial charge in [0.2, 0.25) is 0 Å². The topological polar surface area (TPSA) is 78.9 Å². The fourth-order valence-electron chi connectivity index (χ4n) is 6.38. The summed E-state index contributed by atoms with van der Waals surface area (Å²) in [6.07, 6.45) is 70.7. The molecule has 1 atom stereocenters. The molecule has 0 saturated carbocycles. The van der Waals surface area contributed by atoms with Gasteiger partial charge in [-0.05, 0) is 103 Å².